The highest BCUT2D eigenvalue weighted by atomic mass is 16.2. The molecule has 0 aliphatic heterocycles. The summed E-state index contributed by atoms with van der Waals surface area (Å²) in [6.45, 7) is 2.36. The van der Waals surface area contributed by atoms with Gasteiger partial charge >= 0.3 is 0 Å². The van der Waals surface area contributed by atoms with Crippen LogP contribution in [-0.2, 0) is 0 Å². The molecule has 1 amide bonds. The number of carbonyl (C=O) groups is 1. The van der Waals surface area contributed by atoms with Gasteiger partial charge in [-0.25, -0.2) is 4.98 Å². The van der Waals surface area contributed by atoms with Crippen molar-refractivity contribution in [2.45, 2.75) is 13.3 Å². The number of pyridine rings is 1. The molecule has 2 N–H and O–H groups in total. The zero-order chi connectivity index (χ0) is 11.8. The second kappa shape index (κ2) is 6.59. The fourth-order valence-electron chi connectivity index (χ4n) is 1.14. The van der Waals surface area contributed by atoms with Crippen molar-refractivity contribution in [1.29, 1.82) is 0 Å². The maximum absolute atomic E-state index is 11.7. The Morgan fingerprint density at radius 3 is 3.12 bits per heavy atom. The van der Waals surface area contributed by atoms with Gasteiger partial charge in [0.05, 0.1) is 5.56 Å². The molecule has 0 saturated heterocycles. The molecular formula is C12H14N2O2. The quantitative estimate of drug-likeness (QED) is 0.729. The molecule has 4 nitrogen and oxygen atoms in total. The van der Waals surface area contributed by atoms with Crippen LogP contribution in [-0.4, -0.2) is 29.1 Å². The third kappa shape index (κ3) is 3.37. The van der Waals surface area contributed by atoms with E-state index in [1.165, 1.54) is 0 Å². The van der Waals surface area contributed by atoms with Crippen molar-refractivity contribution in [2.24, 2.45) is 0 Å². The van der Waals surface area contributed by atoms with E-state index < -0.39 is 0 Å². The summed E-state index contributed by atoms with van der Waals surface area (Å²) in [5, 5.41) is 11.3. The number of nitrogens with one attached hydrogen (secondary N) is 1. The molecule has 0 saturated carbocycles. The summed E-state index contributed by atoms with van der Waals surface area (Å²) in [6, 6.07) is 3.41. The minimum absolute atomic E-state index is 0.231. The smallest absolute Gasteiger partial charge is 0.271 e. The molecule has 0 aromatic carbocycles. The zero-order valence-corrected chi connectivity index (χ0v) is 9.16. The first kappa shape index (κ1) is 12.2. The van der Waals surface area contributed by atoms with Crippen molar-refractivity contribution in [1.82, 2.24) is 10.3 Å². The molecule has 0 radical (unpaired) electrons. The van der Waals surface area contributed by atoms with E-state index in [-0.39, 0.29) is 12.5 Å². The largest absolute Gasteiger partial charge is 0.384 e. The van der Waals surface area contributed by atoms with Crippen molar-refractivity contribution < 1.29 is 9.90 Å². The molecule has 0 bridgehead atoms. The number of carbonyl (C=O) groups excluding carboxylic acids is 1. The van der Waals surface area contributed by atoms with Crippen LogP contribution >= 0.6 is 0 Å². The standard InChI is InChI=1S/C12H14N2O2/c1-2-7-14-12(16)11-10(6-4-9-15)5-3-8-13-11/h3,5,8,15H,2,7,9H2,1H3,(H,14,16). The highest BCUT2D eigenvalue weighted by Gasteiger charge is 2.09. The second-order valence-electron chi connectivity index (χ2n) is 3.12. The molecule has 1 rings (SSSR count). The molecular weight excluding hydrogens is 204 g/mol. The SMILES string of the molecule is CCCNC(=O)c1ncccc1C#CCO. The number of hydrogen-bond donors (Lipinski definition) is 2. The number of aromatic nitrogens is 1. The summed E-state index contributed by atoms with van der Waals surface area (Å²) in [6.07, 6.45) is 2.42. The lowest BCUT2D eigenvalue weighted by atomic mass is 10.2. The van der Waals surface area contributed by atoms with Gasteiger partial charge in [-0.1, -0.05) is 18.8 Å². The number of aliphatic hydroxyl groups excluding tert-OH is 1. The molecule has 0 aliphatic carbocycles. The summed E-state index contributed by atoms with van der Waals surface area (Å²) in [5.74, 6) is 4.97. The van der Waals surface area contributed by atoms with Crippen LogP contribution in [0.15, 0.2) is 18.3 Å². The van der Waals surface area contributed by atoms with Gasteiger partial charge in [0, 0.05) is 12.7 Å². The predicted molar refractivity (Wildman–Crippen MR) is 60.8 cm³/mol. The molecule has 16 heavy (non-hydrogen) atoms. The normalized spacial score (nSPS) is 9.12. The van der Waals surface area contributed by atoms with E-state index in [4.69, 9.17) is 5.11 Å². The van der Waals surface area contributed by atoms with Gasteiger partial charge in [-0.3, -0.25) is 4.79 Å². The molecule has 0 unspecified atom stereocenters. The Morgan fingerprint density at radius 1 is 1.62 bits per heavy atom. The van der Waals surface area contributed by atoms with Gasteiger partial charge in [0.2, 0.25) is 0 Å². The molecule has 0 atom stereocenters. The van der Waals surface area contributed by atoms with Gasteiger partial charge in [-0.05, 0) is 18.6 Å². The number of hydrogen-bond acceptors (Lipinski definition) is 3. The first-order chi connectivity index (χ1) is 7.79. The van der Waals surface area contributed by atoms with Crippen LogP contribution in [0.3, 0.4) is 0 Å². The van der Waals surface area contributed by atoms with Crippen molar-refractivity contribution in [2.75, 3.05) is 13.2 Å². The molecule has 4 heteroatoms. The van der Waals surface area contributed by atoms with Crippen LogP contribution < -0.4 is 5.32 Å². The van der Waals surface area contributed by atoms with Crippen LogP contribution in [0.4, 0.5) is 0 Å². The molecule has 1 aromatic heterocycles. The summed E-state index contributed by atoms with van der Waals surface area (Å²) in [4.78, 5) is 15.7. The minimum atomic E-state index is -0.232. The summed E-state index contributed by atoms with van der Waals surface area (Å²) in [7, 11) is 0. The van der Waals surface area contributed by atoms with E-state index in [0.29, 0.717) is 17.8 Å². The van der Waals surface area contributed by atoms with Crippen molar-refractivity contribution in [3.8, 4) is 11.8 Å². The van der Waals surface area contributed by atoms with Gasteiger partial charge in [0.25, 0.3) is 5.91 Å². The van der Waals surface area contributed by atoms with Crippen molar-refractivity contribution in [3.05, 3.63) is 29.6 Å². The summed E-state index contributed by atoms with van der Waals surface area (Å²) in [5.41, 5.74) is 0.835. The molecule has 0 aliphatic rings. The Labute approximate surface area is 94.7 Å². The van der Waals surface area contributed by atoms with Crippen LogP contribution in [0.2, 0.25) is 0 Å². The number of amides is 1. The lowest BCUT2D eigenvalue weighted by molar-refractivity contribution is 0.0948. The van der Waals surface area contributed by atoms with Gasteiger partial charge in [-0.2, -0.15) is 0 Å². The molecule has 0 fully saturated rings. The number of rotatable bonds is 3. The third-order valence-corrected chi connectivity index (χ3v) is 1.86. The number of nitrogens with zero attached hydrogens (tertiary/aromatic N) is 1. The van der Waals surface area contributed by atoms with E-state index in [1.807, 2.05) is 6.92 Å². The first-order valence-corrected chi connectivity index (χ1v) is 5.12. The van der Waals surface area contributed by atoms with Gasteiger partial charge < -0.3 is 10.4 Å². The highest BCUT2D eigenvalue weighted by Crippen LogP contribution is 2.03. The van der Waals surface area contributed by atoms with Crippen LogP contribution in [0.25, 0.3) is 0 Å². The lowest BCUT2D eigenvalue weighted by Gasteiger charge is -2.04. The molecule has 84 valence electrons. The van der Waals surface area contributed by atoms with E-state index in [9.17, 15) is 4.79 Å². The van der Waals surface area contributed by atoms with Crippen LogP contribution in [0.1, 0.15) is 29.4 Å². The molecule has 1 heterocycles. The zero-order valence-electron chi connectivity index (χ0n) is 9.16. The first-order valence-electron chi connectivity index (χ1n) is 5.12. The van der Waals surface area contributed by atoms with Gasteiger partial charge in [0.15, 0.2) is 0 Å². The van der Waals surface area contributed by atoms with Crippen LogP contribution in [0.5, 0.6) is 0 Å². The molecule has 0 spiro atoms. The second-order valence-corrected chi connectivity index (χ2v) is 3.12. The monoisotopic (exact) mass is 218 g/mol. The fraction of sp³-hybridized carbons (Fsp3) is 0.333. The van der Waals surface area contributed by atoms with Crippen molar-refractivity contribution in [3.63, 3.8) is 0 Å². The summed E-state index contributed by atoms with van der Waals surface area (Å²) < 4.78 is 0. The number of aliphatic hydroxyl groups is 1. The van der Waals surface area contributed by atoms with Crippen LogP contribution in [0, 0.1) is 11.8 Å². The van der Waals surface area contributed by atoms with Gasteiger partial charge in [-0.15, -0.1) is 0 Å². The average molecular weight is 218 g/mol. The fourth-order valence-corrected chi connectivity index (χ4v) is 1.14. The Hall–Kier alpha value is -1.86. The maximum Gasteiger partial charge on any atom is 0.271 e. The average Bonchev–Trinajstić information content (AvgIpc) is 2.33. The Bertz CT molecular complexity index is 419. The predicted octanol–water partition coefficient (Wildman–Crippen LogP) is 0.565. The Kier molecular flexibility index (Phi) is 5.03. The van der Waals surface area contributed by atoms with E-state index in [0.717, 1.165) is 6.42 Å². The molecule has 1 aromatic rings. The van der Waals surface area contributed by atoms with Crippen molar-refractivity contribution >= 4 is 5.91 Å². The topological polar surface area (TPSA) is 62.2 Å². The maximum atomic E-state index is 11.7. The van der Waals surface area contributed by atoms with E-state index >= 15 is 0 Å². The lowest BCUT2D eigenvalue weighted by Crippen LogP contribution is -2.25. The third-order valence-electron chi connectivity index (χ3n) is 1.86. The highest BCUT2D eigenvalue weighted by molar-refractivity contribution is 5.94. The minimum Gasteiger partial charge on any atom is -0.384 e. The van der Waals surface area contributed by atoms with E-state index in [1.54, 1.807) is 18.3 Å². The van der Waals surface area contributed by atoms with Gasteiger partial charge in [0.1, 0.15) is 12.3 Å². The Morgan fingerprint density at radius 2 is 2.44 bits per heavy atom. The summed E-state index contributed by atoms with van der Waals surface area (Å²) >= 11 is 0. The Balaban J connectivity index is 2.89. The van der Waals surface area contributed by atoms with E-state index in [2.05, 4.69) is 22.1 Å².